The molecule has 2 N–H and O–H groups in total. The van der Waals surface area contributed by atoms with Gasteiger partial charge in [-0.25, -0.2) is 4.79 Å². The van der Waals surface area contributed by atoms with E-state index in [9.17, 15) is 14.9 Å². The first-order valence-corrected chi connectivity index (χ1v) is 4.75. The lowest BCUT2D eigenvalue weighted by Gasteiger charge is -2.06. The number of nitro groups is 1. The lowest BCUT2D eigenvalue weighted by molar-refractivity contribution is -0.385. The van der Waals surface area contributed by atoms with Gasteiger partial charge in [0.25, 0.3) is 5.69 Å². The first-order chi connectivity index (χ1) is 7.47. The van der Waals surface area contributed by atoms with Gasteiger partial charge in [0.2, 0.25) is 0 Å². The minimum absolute atomic E-state index is 0.0716. The van der Waals surface area contributed by atoms with Crippen LogP contribution < -0.4 is 5.73 Å². The van der Waals surface area contributed by atoms with Crippen LogP contribution in [0.1, 0.15) is 17.3 Å². The Morgan fingerprint density at radius 3 is 2.75 bits per heavy atom. The average Bonchev–Trinajstić information content (AvgIpc) is 2.16. The van der Waals surface area contributed by atoms with Crippen LogP contribution in [0.15, 0.2) is 12.1 Å². The minimum atomic E-state index is -0.830. The van der Waals surface area contributed by atoms with Gasteiger partial charge in [-0.2, -0.15) is 0 Å². The van der Waals surface area contributed by atoms with Crippen LogP contribution in [0.2, 0.25) is 5.02 Å². The van der Waals surface area contributed by atoms with Gasteiger partial charge in [-0.1, -0.05) is 11.6 Å². The zero-order valence-electron chi connectivity index (χ0n) is 8.40. The Bertz CT molecular complexity index is 447. The summed E-state index contributed by atoms with van der Waals surface area (Å²) in [6.07, 6.45) is 0. The third-order valence-corrected chi connectivity index (χ3v) is 2.01. The van der Waals surface area contributed by atoms with E-state index in [0.717, 1.165) is 6.07 Å². The molecule has 0 aromatic heterocycles. The van der Waals surface area contributed by atoms with Crippen molar-refractivity contribution in [3.63, 3.8) is 0 Å². The minimum Gasteiger partial charge on any atom is -0.462 e. The van der Waals surface area contributed by atoms with Gasteiger partial charge in [-0.15, -0.1) is 0 Å². The maximum absolute atomic E-state index is 11.5. The number of hydrogen-bond donors (Lipinski definition) is 1. The fourth-order valence-corrected chi connectivity index (χ4v) is 1.40. The standard InChI is InChI=1S/C9H9ClN2O4/c1-2-16-9(13)8-6(11)3-5(10)4-7(8)12(14)15/h3-4H,2,11H2,1H3. The fraction of sp³-hybridized carbons (Fsp3) is 0.222. The molecule has 0 bridgehead atoms. The molecule has 0 aliphatic rings. The molecule has 1 rings (SSSR count). The van der Waals surface area contributed by atoms with Gasteiger partial charge in [0.15, 0.2) is 5.56 Å². The maximum Gasteiger partial charge on any atom is 0.347 e. The van der Waals surface area contributed by atoms with Gasteiger partial charge in [0.1, 0.15) is 0 Å². The zero-order chi connectivity index (χ0) is 12.3. The van der Waals surface area contributed by atoms with Crippen molar-refractivity contribution in [3.05, 3.63) is 32.8 Å². The first-order valence-electron chi connectivity index (χ1n) is 4.38. The first kappa shape index (κ1) is 12.3. The third kappa shape index (κ3) is 2.40. The Morgan fingerprint density at radius 2 is 2.25 bits per heavy atom. The second kappa shape index (κ2) is 4.80. The highest BCUT2D eigenvalue weighted by molar-refractivity contribution is 6.31. The fourth-order valence-electron chi connectivity index (χ4n) is 1.18. The van der Waals surface area contributed by atoms with Gasteiger partial charge in [-0.05, 0) is 13.0 Å². The number of carbonyl (C=O) groups is 1. The summed E-state index contributed by atoms with van der Waals surface area (Å²) in [5.41, 5.74) is 4.71. The summed E-state index contributed by atoms with van der Waals surface area (Å²) in [5, 5.41) is 10.8. The highest BCUT2D eigenvalue weighted by atomic mass is 35.5. The highest BCUT2D eigenvalue weighted by Crippen LogP contribution is 2.29. The number of nitrogens with zero attached hydrogens (tertiary/aromatic N) is 1. The van der Waals surface area contributed by atoms with Crippen LogP contribution in [-0.2, 0) is 4.74 Å². The number of halogens is 1. The molecule has 0 saturated heterocycles. The number of nitrogens with two attached hydrogens (primary N) is 1. The summed E-state index contributed by atoms with van der Waals surface area (Å²) in [6, 6.07) is 2.32. The van der Waals surface area contributed by atoms with Crippen molar-refractivity contribution >= 4 is 28.9 Å². The molecule has 0 aliphatic heterocycles. The summed E-state index contributed by atoms with van der Waals surface area (Å²) in [5.74, 6) is -0.830. The molecule has 0 aliphatic carbocycles. The van der Waals surface area contributed by atoms with Crippen LogP contribution in [0.25, 0.3) is 0 Å². The van der Waals surface area contributed by atoms with Crippen molar-refractivity contribution in [3.8, 4) is 0 Å². The molecule has 1 aromatic carbocycles. The van der Waals surface area contributed by atoms with Crippen LogP contribution in [0.4, 0.5) is 11.4 Å². The van der Waals surface area contributed by atoms with E-state index in [2.05, 4.69) is 4.74 Å². The van der Waals surface area contributed by atoms with E-state index >= 15 is 0 Å². The van der Waals surface area contributed by atoms with Crippen molar-refractivity contribution in [2.75, 3.05) is 12.3 Å². The van der Waals surface area contributed by atoms with Crippen molar-refractivity contribution in [1.82, 2.24) is 0 Å². The van der Waals surface area contributed by atoms with Gasteiger partial charge >= 0.3 is 5.97 Å². The third-order valence-electron chi connectivity index (χ3n) is 1.79. The van der Waals surface area contributed by atoms with Gasteiger partial charge < -0.3 is 10.5 Å². The zero-order valence-corrected chi connectivity index (χ0v) is 9.15. The molecule has 0 fully saturated rings. The Labute approximate surface area is 96.1 Å². The number of nitrogen functional groups attached to an aromatic ring is 1. The quantitative estimate of drug-likeness (QED) is 0.380. The number of ether oxygens (including phenoxy) is 1. The van der Waals surface area contributed by atoms with Crippen molar-refractivity contribution in [2.45, 2.75) is 6.92 Å². The van der Waals surface area contributed by atoms with E-state index in [1.807, 2.05) is 0 Å². The predicted octanol–water partition coefficient (Wildman–Crippen LogP) is 2.01. The number of hydrogen-bond acceptors (Lipinski definition) is 5. The number of benzene rings is 1. The van der Waals surface area contributed by atoms with Crippen LogP contribution in [0.3, 0.4) is 0 Å². The average molecular weight is 245 g/mol. The molecule has 7 heteroatoms. The number of nitro benzene ring substituents is 1. The Hall–Kier alpha value is -1.82. The number of esters is 1. The second-order valence-electron chi connectivity index (χ2n) is 2.87. The summed E-state index contributed by atoms with van der Waals surface area (Å²) >= 11 is 5.61. The normalized spacial score (nSPS) is 9.88. The molecule has 0 radical (unpaired) electrons. The Morgan fingerprint density at radius 1 is 1.62 bits per heavy atom. The van der Waals surface area contributed by atoms with Crippen LogP contribution in [-0.4, -0.2) is 17.5 Å². The topological polar surface area (TPSA) is 95.5 Å². The van der Waals surface area contributed by atoms with Crippen molar-refractivity contribution in [1.29, 1.82) is 0 Å². The molecule has 0 heterocycles. The largest absolute Gasteiger partial charge is 0.462 e. The molecule has 86 valence electrons. The smallest absolute Gasteiger partial charge is 0.347 e. The van der Waals surface area contributed by atoms with E-state index in [4.69, 9.17) is 17.3 Å². The second-order valence-corrected chi connectivity index (χ2v) is 3.30. The molecule has 0 amide bonds. The molecule has 0 saturated carbocycles. The summed E-state index contributed by atoms with van der Waals surface area (Å²) in [4.78, 5) is 21.4. The lowest BCUT2D eigenvalue weighted by atomic mass is 10.1. The van der Waals surface area contributed by atoms with E-state index in [1.54, 1.807) is 6.92 Å². The number of rotatable bonds is 3. The number of anilines is 1. The van der Waals surface area contributed by atoms with E-state index in [1.165, 1.54) is 6.07 Å². The summed E-state index contributed by atoms with van der Waals surface area (Å²) < 4.78 is 4.67. The summed E-state index contributed by atoms with van der Waals surface area (Å²) in [6.45, 7) is 1.70. The van der Waals surface area contributed by atoms with E-state index in [0.29, 0.717) is 0 Å². The number of carbonyl (C=O) groups excluding carboxylic acids is 1. The van der Waals surface area contributed by atoms with Crippen LogP contribution in [0, 0.1) is 10.1 Å². The molecule has 0 spiro atoms. The molecule has 1 aromatic rings. The molecular formula is C9H9ClN2O4. The van der Waals surface area contributed by atoms with E-state index < -0.39 is 16.6 Å². The highest BCUT2D eigenvalue weighted by Gasteiger charge is 2.25. The molecular weight excluding hydrogens is 236 g/mol. The molecule has 6 nitrogen and oxygen atoms in total. The molecule has 0 unspecified atom stereocenters. The van der Waals surface area contributed by atoms with Crippen molar-refractivity contribution < 1.29 is 14.5 Å². The lowest BCUT2D eigenvalue weighted by Crippen LogP contribution is -2.11. The van der Waals surface area contributed by atoms with Crippen LogP contribution in [0.5, 0.6) is 0 Å². The SMILES string of the molecule is CCOC(=O)c1c(N)cc(Cl)cc1[N+](=O)[O-]. The maximum atomic E-state index is 11.5. The summed E-state index contributed by atoms with van der Waals surface area (Å²) in [7, 11) is 0. The van der Waals surface area contributed by atoms with Crippen molar-refractivity contribution in [2.24, 2.45) is 0 Å². The molecule has 0 atom stereocenters. The predicted molar refractivity (Wildman–Crippen MR) is 58.5 cm³/mol. The Balaban J connectivity index is 3.35. The van der Waals surface area contributed by atoms with Crippen LogP contribution >= 0.6 is 11.6 Å². The van der Waals surface area contributed by atoms with Gasteiger partial charge in [0, 0.05) is 11.1 Å². The monoisotopic (exact) mass is 244 g/mol. The van der Waals surface area contributed by atoms with E-state index in [-0.39, 0.29) is 22.9 Å². The van der Waals surface area contributed by atoms with Gasteiger partial charge in [-0.3, -0.25) is 10.1 Å². The van der Waals surface area contributed by atoms with Gasteiger partial charge in [0.05, 0.1) is 17.2 Å². The molecule has 16 heavy (non-hydrogen) atoms. The Kier molecular flexibility index (Phi) is 3.68.